The van der Waals surface area contributed by atoms with Gasteiger partial charge in [0.05, 0.1) is 11.4 Å². The van der Waals surface area contributed by atoms with Gasteiger partial charge in [-0.3, -0.25) is 4.79 Å². The fourth-order valence-electron chi connectivity index (χ4n) is 2.39. The number of anilines is 2. The standard InChI is InChI=1S/C14H21N3O/c1-10(2)11-4-3-5-12-14(11)16-13(18)6-8-17(12)9-7-15/h3-5,10H,6-9,15H2,1-2H3,(H,16,18). The fraction of sp³-hybridized carbons (Fsp3) is 0.500. The Hall–Kier alpha value is -1.55. The van der Waals surface area contributed by atoms with Gasteiger partial charge in [-0.1, -0.05) is 26.0 Å². The van der Waals surface area contributed by atoms with Crippen molar-refractivity contribution in [1.29, 1.82) is 0 Å². The molecule has 0 atom stereocenters. The minimum absolute atomic E-state index is 0.0869. The first kappa shape index (κ1) is 12.9. The van der Waals surface area contributed by atoms with Gasteiger partial charge < -0.3 is 16.0 Å². The molecule has 0 aromatic heterocycles. The van der Waals surface area contributed by atoms with Gasteiger partial charge in [0.2, 0.25) is 5.91 Å². The van der Waals surface area contributed by atoms with E-state index in [1.54, 1.807) is 0 Å². The number of para-hydroxylation sites is 1. The summed E-state index contributed by atoms with van der Waals surface area (Å²) in [4.78, 5) is 14.0. The monoisotopic (exact) mass is 247 g/mol. The van der Waals surface area contributed by atoms with Crippen molar-refractivity contribution >= 4 is 17.3 Å². The van der Waals surface area contributed by atoms with Crippen LogP contribution in [0.4, 0.5) is 11.4 Å². The molecular formula is C14H21N3O. The molecule has 18 heavy (non-hydrogen) atoms. The van der Waals surface area contributed by atoms with Gasteiger partial charge in [0, 0.05) is 26.1 Å². The number of hydrogen-bond donors (Lipinski definition) is 2. The summed E-state index contributed by atoms with van der Waals surface area (Å²) >= 11 is 0. The van der Waals surface area contributed by atoms with Crippen LogP contribution < -0.4 is 16.0 Å². The molecule has 0 fully saturated rings. The van der Waals surface area contributed by atoms with Crippen molar-refractivity contribution in [2.75, 3.05) is 29.9 Å². The van der Waals surface area contributed by atoms with Gasteiger partial charge in [-0.25, -0.2) is 0 Å². The molecule has 1 aromatic carbocycles. The maximum Gasteiger partial charge on any atom is 0.226 e. The van der Waals surface area contributed by atoms with E-state index in [1.165, 1.54) is 5.56 Å². The lowest BCUT2D eigenvalue weighted by Crippen LogP contribution is -2.30. The highest BCUT2D eigenvalue weighted by atomic mass is 16.1. The lowest BCUT2D eigenvalue weighted by Gasteiger charge is -2.25. The number of hydrogen-bond acceptors (Lipinski definition) is 3. The Labute approximate surface area is 108 Å². The van der Waals surface area contributed by atoms with Crippen molar-refractivity contribution in [3.63, 3.8) is 0 Å². The Morgan fingerprint density at radius 1 is 1.44 bits per heavy atom. The van der Waals surface area contributed by atoms with Crippen molar-refractivity contribution in [2.24, 2.45) is 5.73 Å². The minimum Gasteiger partial charge on any atom is -0.368 e. The van der Waals surface area contributed by atoms with Crippen molar-refractivity contribution in [3.8, 4) is 0 Å². The first-order chi connectivity index (χ1) is 8.63. The van der Waals surface area contributed by atoms with E-state index in [0.717, 1.165) is 24.5 Å². The summed E-state index contributed by atoms with van der Waals surface area (Å²) in [7, 11) is 0. The molecule has 0 bridgehead atoms. The number of fused-ring (bicyclic) bond motifs is 1. The lowest BCUT2D eigenvalue weighted by atomic mass is 9.99. The first-order valence-electron chi connectivity index (χ1n) is 6.51. The lowest BCUT2D eigenvalue weighted by molar-refractivity contribution is -0.115. The van der Waals surface area contributed by atoms with E-state index in [9.17, 15) is 4.79 Å². The molecule has 1 aliphatic rings. The summed E-state index contributed by atoms with van der Waals surface area (Å²) in [6.07, 6.45) is 0.520. The van der Waals surface area contributed by atoms with E-state index in [2.05, 4.69) is 42.3 Å². The zero-order valence-corrected chi connectivity index (χ0v) is 11.1. The second kappa shape index (κ2) is 5.40. The molecule has 3 N–H and O–H groups in total. The topological polar surface area (TPSA) is 58.4 Å². The largest absolute Gasteiger partial charge is 0.368 e. The van der Waals surface area contributed by atoms with Crippen LogP contribution in [-0.4, -0.2) is 25.5 Å². The molecular weight excluding hydrogens is 226 g/mol. The van der Waals surface area contributed by atoms with Crippen LogP contribution in [0.3, 0.4) is 0 Å². The highest BCUT2D eigenvalue weighted by Gasteiger charge is 2.21. The Balaban J connectivity index is 2.48. The molecule has 1 aromatic rings. The smallest absolute Gasteiger partial charge is 0.226 e. The number of benzene rings is 1. The first-order valence-corrected chi connectivity index (χ1v) is 6.51. The second-order valence-corrected chi connectivity index (χ2v) is 4.97. The van der Waals surface area contributed by atoms with Crippen LogP contribution in [0.25, 0.3) is 0 Å². The van der Waals surface area contributed by atoms with Crippen LogP contribution in [0, 0.1) is 0 Å². The number of nitrogens with two attached hydrogens (primary N) is 1. The average molecular weight is 247 g/mol. The minimum atomic E-state index is 0.0869. The SMILES string of the molecule is CC(C)c1cccc2c1NC(=O)CCN2CCN. The van der Waals surface area contributed by atoms with Gasteiger partial charge in [-0.05, 0) is 17.5 Å². The van der Waals surface area contributed by atoms with E-state index < -0.39 is 0 Å². The summed E-state index contributed by atoms with van der Waals surface area (Å²) in [6.45, 7) is 6.39. The molecule has 1 aliphatic heterocycles. The van der Waals surface area contributed by atoms with E-state index in [1.807, 2.05) is 0 Å². The summed E-state index contributed by atoms with van der Waals surface area (Å²) in [5, 5.41) is 3.04. The number of carbonyl (C=O) groups excluding carboxylic acids is 1. The van der Waals surface area contributed by atoms with Crippen molar-refractivity contribution < 1.29 is 4.79 Å². The molecule has 0 spiro atoms. The van der Waals surface area contributed by atoms with Gasteiger partial charge in [0.15, 0.2) is 0 Å². The number of nitrogens with zero attached hydrogens (tertiary/aromatic N) is 1. The summed E-state index contributed by atoms with van der Waals surface area (Å²) < 4.78 is 0. The molecule has 0 aliphatic carbocycles. The van der Waals surface area contributed by atoms with Gasteiger partial charge in [-0.15, -0.1) is 0 Å². The van der Waals surface area contributed by atoms with Crippen LogP contribution in [0.2, 0.25) is 0 Å². The predicted octanol–water partition coefficient (Wildman–Crippen LogP) is 1.92. The summed E-state index contributed by atoms with van der Waals surface area (Å²) in [6, 6.07) is 6.19. The molecule has 4 heteroatoms. The average Bonchev–Trinajstić information content (AvgIpc) is 2.49. The van der Waals surface area contributed by atoms with Crippen molar-refractivity contribution in [3.05, 3.63) is 23.8 Å². The van der Waals surface area contributed by atoms with E-state index in [-0.39, 0.29) is 5.91 Å². The molecule has 0 saturated heterocycles. The van der Waals surface area contributed by atoms with Crippen LogP contribution in [0.1, 0.15) is 31.7 Å². The zero-order valence-electron chi connectivity index (χ0n) is 11.1. The van der Waals surface area contributed by atoms with Crippen LogP contribution >= 0.6 is 0 Å². The van der Waals surface area contributed by atoms with Gasteiger partial charge in [-0.2, -0.15) is 0 Å². The number of amides is 1. The normalized spacial score (nSPS) is 15.3. The third kappa shape index (κ3) is 2.48. The molecule has 1 heterocycles. The van der Waals surface area contributed by atoms with Crippen molar-refractivity contribution in [1.82, 2.24) is 0 Å². The van der Waals surface area contributed by atoms with Crippen LogP contribution in [-0.2, 0) is 4.79 Å². The maximum absolute atomic E-state index is 11.8. The number of nitrogens with one attached hydrogen (secondary N) is 1. The van der Waals surface area contributed by atoms with Gasteiger partial charge >= 0.3 is 0 Å². The maximum atomic E-state index is 11.8. The molecule has 0 radical (unpaired) electrons. The highest BCUT2D eigenvalue weighted by Crippen LogP contribution is 2.35. The number of carbonyl (C=O) groups is 1. The van der Waals surface area contributed by atoms with E-state index in [4.69, 9.17) is 5.73 Å². The van der Waals surface area contributed by atoms with Crippen molar-refractivity contribution in [2.45, 2.75) is 26.2 Å². The number of rotatable bonds is 3. The van der Waals surface area contributed by atoms with Crippen LogP contribution in [0.15, 0.2) is 18.2 Å². The summed E-state index contributed by atoms with van der Waals surface area (Å²) in [5.41, 5.74) is 8.89. The highest BCUT2D eigenvalue weighted by molar-refractivity contribution is 5.97. The fourth-order valence-corrected chi connectivity index (χ4v) is 2.39. The third-order valence-corrected chi connectivity index (χ3v) is 3.31. The van der Waals surface area contributed by atoms with E-state index in [0.29, 0.717) is 18.9 Å². The molecule has 0 saturated carbocycles. The Kier molecular flexibility index (Phi) is 3.87. The van der Waals surface area contributed by atoms with Crippen LogP contribution in [0.5, 0.6) is 0 Å². The second-order valence-electron chi connectivity index (χ2n) is 4.97. The molecule has 2 rings (SSSR count). The molecule has 4 nitrogen and oxygen atoms in total. The zero-order chi connectivity index (χ0) is 13.1. The molecule has 0 unspecified atom stereocenters. The Morgan fingerprint density at radius 2 is 2.22 bits per heavy atom. The summed E-state index contributed by atoms with van der Waals surface area (Å²) in [5.74, 6) is 0.474. The quantitative estimate of drug-likeness (QED) is 0.858. The molecule has 98 valence electrons. The molecule has 1 amide bonds. The van der Waals surface area contributed by atoms with E-state index >= 15 is 0 Å². The Bertz CT molecular complexity index is 443. The Morgan fingerprint density at radius 3 is 2.89 bits per heavy atom. The van der Waals surface area contributed by atoms with Gasteiger partial charge in [0.25, 0.3) is 0 Å². The third-order valence-electron chi connectivity index (χ3n) is 3.31. The van der Waals surface area contributed by atoms with Gasteiger partial charge in [0.1, 0.15) is 0 Å². The predicted molar refractivity (Wildman–Crippen MR) is 75.0 cm³/mol.